The summed E-state index contributed by atoms with van der Waals surface area (Å²) in [7, 11) is 0. The molecule has 6 heteroatoms. The van der Waals surface area contributed by atoms with Crippen LogP contribution in [0.3, 0.4) is 0 Å². The molecule has 0 bridgehead atoms. The Morgan fingerprint density at radius 1 is 1.20 bits per heavy atom. The molecule has 3 heterocycles. The quantitative estimate of drug-likeness (QED) is 0.860. The highest BCUT2D eigenvalue weighted by atomic mass is 16.5. The van der Waals surface area contributed by atoms with Crippen molar-refractivity contribution < 1.29 is 14.1 Å². The molecular weight excluding hydrogens is 318 g/mol. The maximum absolute atomic E-state index is 13.1. The number of fused-ring (bicyclic) bond motifs is 1. The average Bonchev–Trinajstić information content (AvgIpc) is 3.19. The molecule has 0 radical (unpaired) electrons. The van der Waals surface area contributed by atoms with Crippen LogP contribution in [0.2, 0.25) is 0 Å². The highest BCUT2D eigenvalue weighted by Crippen LogP contribution is 2.40. The van der Waals surface area contributed by atoms with Gasteiger partial charge in [0.2, 0.25) is 11.8 Å². The lowest BCUT2D eigenvalue weighted by atomic mass is 9.95. The number of likely N-dealkylation sites (tertiary alicyclic amines) is 1. The number of nitrogens with zero attached hydrogens (tertiary/aromatic N) is 3. The highest BCUT2D eigenvalue weighted by Gasteiger charge is 2.39. The molecule has 2 aromatic rings. The molecule has 25 heavy (non-hydrogen) atoms. The fraction of sp³-hybridized carbons (Fsp3) is 0.526. The third-order valence-electron chi connectivity index (χ3n) is 5.45. The molecule has 3 aliphatic rings. The maximum Gasteiger partial charge on any atom is 0.230 e. The van der Waals surface area contributed by atoms with Gasteiger partial charge < -0.3 is 14.2 Å². The monoisotopic (exact) mass is 339 g/mol. The number of hydrogen-bond acceptors (Lipinski definition) is 5. The first-order valence-corrected chi connectivity index (χ1v) is 9.14. The predicted octanol–water partition coefficient (Wildman–Crippen LogP) is 2.86. The second kappa shape index (κ2) is 5.86. The van der Waals surface area contributed by atoms with Gasteiger partial charge in [0.25, 0.3) is 0 Å². The second-order valence-corrected chi connectivity index (χ2v) is 7.27. The molecule has 1 aromatic carbocycles. The molecule has 1 aliphatic carbocycles. The van der Waals surface area contributed by atoms with E-state index in [-0.39, 0.29) is 17.9 Å². The van der Waals surface area contributed by atoms with Crippen LogP contribution in [0.5, 0.6) is 5.75 Å². The smallest absolute Gasteiger partial charge is 0.230 e. The molecule has 2 atom stereocenters. The van der Waals surface area contributed by atoms with Gasteiger partial charge in [0.05, 0.1) is 12.0 Å². The Balaban J connectivity index is 1.34. The van der Waals surface area contributed by atoms with E-state index in [2.05, 4.69) is 10.1 Å². The number of hydrogen-bond donors (Lipinski definition) is 0. The van der Waals surface area contributed by atoms with Gasteiger partial charge in [-0.15, -0.1) is 0 Å². The topological polar surface area (TPSA) is 68.5 Å². The fourth-order valence-electron chi connectivity index (χ4n) is 3.90. The number of aromatic nitrogens is 2. The fourth-order valence-corrected chi connectivity index (χ4v) is 3.90. The Hall–Kier alpha value is -2.37. The van der Waals surface area contributed by atoms with Crippen molar-refractivity contribution in [2.24, 2.45) is 5.92 Å². The van der Waals surface area contributed by atoms with Crippen LogP contribution >= 0.6 is 0 Å². The van der Waals surface area contributed by atoms with E-state index in [1.807, 2.05) is 29.2 Å². The average molecular weight is 339 g/mol. The summed E-state index contributed by atoms with van der Waals surface area (Å²) in [5, 5.41) is 4.16. The number of rotatable bonds is 3. The number of carbonyl (C=O) groups is 1. The van der Waals surface area contributed by atoms with Crippen molar-refractivity contribution in [3.05, 3.63) is 41.5 Å². The Labute approximate surface area is 146 Å². The minimum atomic E-state index is -0.134. The van der Waals surface area contributed by atoms with Gasteiger partial charge in [0.15, 0.2) is 5.82 Å². The number of amides is 1. The highest BCUT2D eigenvalue weighted by molar-refractivity contribution is 5.80. The van der Waals surface area contributed by atoms with E-state index in [0.29, 0.717) is 18.3 Å². The summed E-state index contributed by atoms with van der Waals surface area (Å²) < 4.78 is 11.2. The van der Waals surface area contributed by atoms with Gasteiger partial charge in [0, 0.05) is 12.5 Å². The molecular formula is C19H21N3O3. The first-order valence-electron chi connectivity index (χ1n) is 9.14. The third-order valence-corrected chi connectivity index (χ3v) is 5.45. The first-order chi connectivity index (χ1) is 12.3. The predicted molar refractivity (Wildman–Crippen MR) is 89.1 cm³/mol. The standard InChI is InChI=1S/C19H21N3O3/c23-19(14-10-13-4-1-2-6-16(13)24-11-14)22-9-3-5-15(22)17-20-18(25-21-17)12-7-8-12/h1-2,4,6,12,14-15H,3,5,7-11H2/t14-,15-/m0/s1. The van der Waals surface area contributed by atoms with Crippen molar-refractivity contribution >= 4 is 5.91 Å². The lowest BCUT2D eigenvalue weighted by Crippen LogP contribution is -2.40. The molecule has 0 N–H and O–H groups in total. The first kappa shape index (κ1) is 14.9. The normalized spacial score (nSPS) is 25.5. The molecule has 1 amide bonds. The van der Waals surface area contributed by atoms with Gasteiger partial charge in [-0.1, -0.05) is 23.4 Å². The van der Waals surface area contributed by atoms with E-state index in [4.69, 9.17) is 9.26 Å². The van der Waals surface area contributed by atoms with E-state index in [1.165, 1.54) is 0 Å². The van der Waals surface area contributed by atoms with Crippen LogP contribution in [0.15, 0.2) is 28.8 Å². The largest absolute Gasteiger partial charge is 0.492 e. The SMILES string of the molecule is O=C([C@@H]1COc2ccccc2C1)N1CCC[C@H]1c1noc(C2CC2)n1. The lowest BCUT2D eigenvalue weighted by Gasteiger charge is -2.30. The van der Waals surface area contributed by atoms with E-state index in [0.717, 1.165) is 55.9 Å². The molecule has 2 fully saturated rings. The van der Waals surface area contributed by atoms with Crippen LogP contribution < -0.4 is 4.74 Å². The summed E-state index contributed by atoms with van der Waals surface area (Å²) in [6.07, 6.45) is 4.88. The van der Waals surface area contributed by atoms with Gasteiger partial charge in [-0.3, -0.25) is 4.79 Å². The van der Waals surface area contributed by atoms with E-state index in [1.54, 1.807) is 0 Å². The van der Waals surface area contributed by atoms with Crippen LogP contribution in [0.4, 0.5) is 0 Å². The van der Waals surface area contributed by atoms with Crippen molar-refractivity contribution in [1.29, 1.82) is 0 Å². The van der Waals surface area contributed by atoms with Gasteiger partial charge in [-0.25, -0.2) is 0 Å². The molecule has 1 saturated carbocycles. The zero-order chi connectivity index (χ0) is 16.8. The second-order valence-electron chi connectivity index (χ2n) is 7.27. The Morgan fingerprint density at radius 2 is 2.08 bits per heavy atom. The van der Waals surface area contributed by atoms with Crippen molar-refractivity contribution in [3.63, 3.8) is 0 Å². The number of para-hydroxylation sites is 1. The zero-order valence-corrected chi connectivity index (χ0v) is 14.1. The number of benzene rings is 1. The molecule has 1 aromatic heterocycles. The van der Waals surface area contributed by atoms with E-state index in [9.17, 15) is 4.79 Å². The summed E-state index contributed by atoms with van der Waals surface area (Å²) in [6.45, 7) is 1.20. The summed E-state index contributed by atoms with van der Waals surface area (Å²) in [5.41, 5.74) is 1.11. The van der Waals surface area contributed by atoms with E-state index >= 15 is 0 Å². The van der Waals surface area contributed by atoms with Gasteiger partial charge in [-0.2, -0.15) is 4.98 Å². The van der Waals surface area contributed by atoms with Crippen molar-refractivity contribution in [1.82, 2.24) is 15.0 Å². The van der Waals surface area contributed by atoms with Gasteiger partial charge in [-0.05, 0) is 43.7 Å². The van der Waals surface area contributed by atoms with Crippen LogP contribution in [0, 0.1) is 5.92 Å². The Kier molecular flexibility index (Phi) is 3.50. The minimum Gasteiger partial charge on any atom is -0.492 e. The molecule has 5 rings (SSSR count). The number of ether oxygens (including phenoxy) is 1. The van der Waals surface area contributed by atoms with Crippen molar-refractivity contribution in [3.8, 4) is 5.75 Å². The zero-order valence-electron chi connectivity index (χ0n) is 14.1. The molecule has 0 spiro atoms. The maximum atomic E-state index is 13.1. The van der Waals surface area contributed by atoms with Crippen LogP contribution in [0.25, 0.3) is 0 Å². The van der Waals surface area contributed by atoms with Crippen molar-refractivity contribution in [2.45, 2.75) is 44.1 Å². The molecule has 2 aliphatic heterocycles. The van der Waals surface area contributed by atoms with Crippen molar-refractivity contribution in [2.75, 3.05) is 13.2 Å². The van der Waals surface area contributed by atoms with Crippen LogP contribution in [0.1, 0.15) is 54.9 Å². The third kappa shape index (κ3) is 2.69. The van der Waals surface area contributed by atoms with Crippen LogP contribution in [-0.4, -0.2) is 34.1 Å². The molecule has 1 saturated heterocycles. The van der Waals surface area contributed by atoms with Crippen LogP contribution in [-0.2, 0) is 11.2 Å². The Bertz CT molecular complexity index is 799. The molecule has 0 unspecified atom stereocenters. The van der Waals surface area contributed by atoms with E-state index < -0.39 is 0 Å². The number of carbonyl (C=O) groups excluding carboxylic acids is 1. The summed E-state index contributed by atoms with van der Waals surface area (Å²) in [5.74, 6) is 2.76. The summed E-state index contributed by atoms with van der Waals surface area (Å²) >= 11 is 0. The van der Waals surface area contributed by atoms with Gasteiger partial charge >= 0.3 is 0 Å². The molecule has 130 valence electrons. The minimum absolute atomic E-state index is 0.0547. The molecule has 6 nitrogen and oxygen atoms in total. The lowest BCUT2D eigenvalue weighted by molar-refractivity contribution is -0.138. The van der Waals surface area contributed by atoms with Gasteiger partial charge in [0.1, 0.15) is 12.4 Å². The summed E-state index contributed by atoms with van der Waals surface area (Å²) in [6, 6.07) is 7.91. The summed E-state index contributed by atoms with van der Waals surface area (Å²) in [4.78, 5) is 19.6. The Morgan fingerprint density at radius 3 is 2.96 bits per heavy atom.